The van der Waals surface area contributed by atoms with E-state index in [0.29, 0.717) is 10.6 Å². The summed E-state index contributed by atoms with van der Waals surface area (Å²) in [5.74, 6) is 0.0450. The fourth-order valence-electron chi connectivity index (χ4n) is 1.18. The zero-order chi connectivity index (χ0) is 11.6. The van der Waals surface area contributed by atoms with Gasteiger partial charge in [-0.15, -0.1) is 0 Å². The number of ketones is 1. The van der Waals surface area contributed by atoms with Crippen molar-refractivity contribution in [2.45, 2.75) is 25.8 Å². The molecule has 0 aliphatic rings. The Kier molecular flexibility index (Phi) is 3.31. The molecule has 0 fully saturated rings. The molecule has 82 valence electrons. The topological polar surface area (TPSA) is 82.0 Å². The first-order valence-electron chi connectivity index (χ1n) is 4.53. The monoisotopic (exact) mass is 227 g/mol. The lowest BCUT2D eigenvalue weighted by molar-refractivity contribution is 0.0961. The number of carbonyl (C=O) groups is 1. The molecule has 4 nitrogen and oxygen atoms in total. The number of rotatable bonds is 3. The zero-order valence-electron chi connectivity index (χ0n) is 8.75. The van der Waals surface area contributed by atoms with Crippen molar-refractivity contribution in [2.24, 2.45) is 5.73 Å². The summed E-state index contributed by atoms with van der Waals surface area (Å²) in [5, 5.41) is 0.391. The van der Waals surface area contributed by atoms with Crippen LogP contribution in [0.15, 0.2) is 12.3 Å². The van der Waals surface area contributed by atoms with Crippen LogP contribution in [0.4, 0.5) is 5.82 Å². The Morgan fingerprint density at radius 3 is 2.73 bits per heavy atom. The molecule has 0 radical (unpaired) electrons. The molecule has 1 rings (SSSR count). The summed E-state index contributed by atoms with van der Waals surface area (Å²) in [6.07, 6.45) is 1.61. The second-order valence-corrected chi connectivity index (χ2v) is 4.61. The van der Waals surface area contributed by atoms with Crippen molar-refractivity contribution in [3.8, 4) is 0 Å². The van der Waals surface area contributed by atoms with E-state index in [2.05, 4.69) is 4.98 Å². The molecular formula is C10H14ClN3O. The van der Waals surface area contributed by atoms with Crippen LogP contribution in [-0.2, 0) is 0 Å². The fraction of sp³-hybridized carbons (Fsp3) is 0.400. The number of pyridine rings is 1. The number of hydrogen-bond donors (Lipinski definition) is 2. The summed E-state index contributed by atoms with van der Waals surface area (Å²) in [7, 11) is 0. The molecule has 5 heteroatoms. The average Bonchev–Trinajstić information content (AvgIpc) is 2.06. The number of aromatic nitrogens is 1. The van der Waals surface area contributed by atoms with Gasteiger partial charge in [-0.05, 0) is 19.9 Å². The maximum Gasteiger partial charge on any atom is 0.168 e. The molecule has 0 amide bonds. The fourth-order valence-corrected chi connectivity index (χ4v) is 1.34. The normalized spacial score (nSPS) is 11.5. The smallest absolute Gasteiger partial charge is 0.168 e. The molecule has 1 aromatic rings. The molecule has 0 saturated carbocycles. The lowest BCUT2D eigenvalue weighted by atomic mass is 9.96. The molecule has 15 heavy (non-hydrogen) atoms. The predicted octanol–water partition coefficient (Wildman–Crippen LogP) is 1.63. The third kappa shape index (κ3) is 3.49. The van der Waals surface area contributed by atoms with E-state index in [0.717, 1.165) is 0 Å². The van der Waals surface area contributed by atoms with Gasteiger partial charge in [0.25, 0.3) is 0 Å². The van der Waals surface area contributed by atoms with Gasteiger partial charge in [0.2, 0.25) is 0 Å². The highest BCUT2D eigenvalue weighted by molar-refractivity contribution is 6.31. The molecule has 1 heterocycles. The van der Waals surface area contributed by atoms with E-state index in [-0.39, 0.29) is 18.0 Å². The Labute approximate surface area is 93.6 Å². The van der Waals surface area contributed by atoms with Gasteiger partial charge in [0, 0.05) is 18.2 Å². The van der Waals surface area contributed by atoms with Gasteiger partial charge in [-0.2, -0.15) is 0 Å². The van der Waals surface area contributed by atoms with Crippen LogP contribution in [0, 0.1) is 0 Å². The van der Waals surface area contributed by atoms with E-state index in [1.807, 2.05) is 0 Å². The van der Waals surface area contributed by atoms with Crippen LogP contribution in [-0.4, -0.2) is 16.3 Å². The van der Waals surface area contributed by atoms with E-state index in [1.54, 1.807) is 13.8 Å². The average molecular weight is 228 g/mol. The van der Waals surface area contributed by atoms with Crippen LogP contribution in [0.5, 0.6) is 0 Å². The number of nitrogen functional groups attached to an aromatic ring is 1. The van der Waals surface area contributed by atoms with Gasteiger partial charge in [-0.1, -0.05) is 11.6 Å². The Morgan fingerprint density at radius 2 is 2.20 bits per heavy atom. The molecule has 0 saturated heterocycles. The largest absolute Gasteiger partial charge is 0.383 e. The van der Waals surface area contributed by atoms with Crippen LogP contribution in [0.2, 0.25) is 5.02 Å². The summed E-state index contributed by atoms with van der Waals surface area (Å²) >= 11 is 5.73. The van der Waals surface area contributed by atoms with Crippen molar-refractivity contribution in [1.82, 2.24) is 4.98 Å². The minimum atomic E-state index is -0.564. The quantitative estimate of drug-likeness (QED) is 0.769. The number of hydrogen-bond acceptors (Lipinski definition) is 4. The first kappa shape index (κ1) is 11.9. The zero-order valence-corrected chi connectivity index (χ0v) is 9.51. The number of anilines is 1. The van der Waals surface area contributed by atoms with Gasteiger partial charge in [-0.3, -0.25) is 4.79 Å². The van der Waals surface area contributed by atoms with Crippen molar-refractivity contribution >= 4 is 23.2 Å². The van der Waals surface area contributed by atoms with E-state index in [1.165, 1.54) is 12.3 Å². The van der Waals surface area contributed by atoms with Crippen LogP contribution in [0.25, 0.3) is 0 Å². The van der Waals surface area contributed by atoms with Gasteiger partial charge in [0.15, 0.2) is 5.78 Å². The van der Waals surface area contributed by atoms with Crippen LogP contribution in [0.3, 0.4) is 0 Å². The highest BCUT2D eigenvalue weighted by atomic mass is 35.5. The Bertz CT molecular complexity index is 385. The first-order chi connectivity index (χ1) is 6.79. The summed E-state index contributed by atoms with van der Waals surface area (Å²) in [6.45, 7) is 3.55. The summed E-state index contributed by atoms with van der Waals surface area (Å²) in [6, 6.07) is 1.51. The minimum Gasteiger partial charge on any atom is -0.383 e. The number of halogens is 1. The lowest BCUT2D eigenvalue weighted by Gasteiger charge is -2.17. The van der Waals surface area contributed by atoms with Crippen molar-refractivity contribution in [3.05, 3.63) is 22.8 Å². The van der Waals surface area contributed by atoms with Gasteiger partial charge >= 0.3 is 0 Å². The third-order valence-electron chi connectivity index (χ3n) is 1.80. The van der Waals surface area contributed by atoms with Crippen LogP contribution in [0.1, 0.15) is 30.6 Å². The highest BCUT2D eigenvalue weighted by Gasteiger charge is 2.20. The predicted molar refractivity (Wildman–Crippen MR) is 60.9 cm³/mol. The molecule has 0 bridgehead atoms. The number of nitrogens with zero attached hydrogens (tertiary/aromatic N) is 1. The second-order valence-electron chi connectivity index (χ2n) is 4.17. The maximum absolute atomic E-state index is 11.8. The molecule has 0 spiro atoms. The SMILES string of the molecule is CC(C)(N)CC(=O)c1cc(Cl)cnc1N. The Hall–Kier alpha value is -1.13. The summed E-state index contributed by atoms with van der Waals surface area (Å²) in [5.41, 5.74) is 11.1. The Balaban J connectivity index is 2.96. The Morgan fingerprint density at radius 1 is 1.60 bits per heavy atom. The van der Waals surface area contributed by atoms with Gasteiger partial charge < -0.3 is 11.5 Å². The van der Waals surface area contributed by atoms with Crippen molar-refractivity contribution < 1.29 is 4.79 Å². The number of Topliss-reactive ketones (excluding diaryl/α,β-unsaturated/α-hetero) is 1. The van der Waals surface area contributed by atoms with Gasteiger partial charge in [0.1, 0.15) is 5.82 Å². The van der Waals surface area contributed by atoms with Crippen LogP contribution < -0.4 is 11.5 Å². The lowest BCUT2D eigenvalue weighted by Crippen LogP contribution is -2.34. The van der Waals surface area contributed by atoms with Crippen molar-refractivity contribution in [1.29, 1.82) is 0 Å². The molecule has 0 aliphatic carbocycles. The van der Waals surface area contributed by atoms with Crippen LogP contribution >= 0.6 is 11.6 Å². The minimum absolute atomic E-state index is 0.144. The standard InChI is InChI=1S/C10H14ClN3O/c1-10(2,13)4-8(15)7-3-6(11)5-14-9(7)12/h3,5H,4,13H2,1-2H3,(H2,12,14). The maximum atomic E-state index is 11.8. The molecular weight excluding hydrogens is 214 g/mol. The second kappa shape index (κ2) is 4.16. The highest BCUT2D eigenvalue weighted by Crippen LogP contribution is 2.19. The van der Waals surface area contributed by atoms with Crippen molar-refractivity contribution in [3.63, 3.8) is 0 Å². The van der Waals surface area contributed by atoms with E-state index >= 15 is 0 Å². The van der Waals surface area contributed by atoms with E-state index in [4.69, 9.17) is 23.1 Å². The van der Waals surface area contributed by atoms with Gasteiger partial charge in [0.05, 0.1) is 10.6 Å². The van der Waals surface area contributed by atoms with E-state index in [9.17, 15) is 4.79 Å². The molecule has 0 unspecified atom stereocenters. The summed E-state index contributed by atoms with van der Waals surface area (Å²) < 4.78 is 0. The van der Waals surface area contributed by atoms with E-state index < -0.39 is 5.54 Å². The molecule has 1 aromatic heterocycles. The van der Waals surface area contributed by atoms with Crippen molar-refractivity contribution in [2.75, 3.05) is 5.73 Å². The third-order valence-corrected chi connectivity index (χ3v) is 2.01. The molecule has 0 aromatic carbocycles. The number of nitrogens with two attached hydrogens (primary N) is 2. The molecule has 0 atom stereocenters. The number of carbonyl (C=O) groups excluding carboxylic acids is 1. The first-order valence-corrected chi connectivity index (χ1v) is 4.90. The molecule has 4 N–H and O–H groups in total. The summed E-state index contributed by atoms with van der Waals surface area (Å²) in [4.78, 5) is 15.6. The van der Waals surface area contributed by atoms with Gasteiger partial charge in [-0.25, -0.2) is 4.98 Å². The molecule has 0 aliphatic heterocycles.